The first kappa shape index (κ1) is 15.2. The van der Waals surface area contributed by atoms with Crippen LogP contribution in [0.5, 0.6) is 5.75 Å². The van der Waals surface area contributed by atoms with Gasteiger partial charge in [-0.15, -0.1) is 13.2 Å². The molecule has 20 heavy (non-hydrogen) atoms. The molecule has 0 heterocycles. The van der Waals surface area contributed by atoms with Crippen molar-refractivity contribution in [2.45, 2.75) is 6.36 Å². The van der Waals surface area contributed by atoms with Gasteiger partial charge in [-0.2, -0.15) is 0 Å². The second kappa shape index (κ2) is 6.36. The number of nitrogens with zero attached hydrogens (tertiary/aromatic N) is 3. The van der Waals surface area contributed by atoms with E-state index in [1.807, 2.05) is 0 Å². The van der Waals surface area contributed by atoms with Gasteiger partial charge in [0.1, 0.15) is 11.3 Å². The molecule has 0 radical (unpaired) electrons. The van der Waals surface area contributed by atoms with E-state index in [9.17, 15) is 18.0 Å². The van der Waals surface area contributed by atoms with Crippen LogP contribution in [0.3, 0.4) is 0 Å². The topological polar surface area (TPSA) is 95.3 Å². The molecule has 6 nitrogen and oxygen atoms in total. The normalized spacial score (nSPS) is 9.95. The Balaban J connectivity index is 3.12. The van der Waals surface area contributed by atoms with Crippen molar-refractivity contribution in [1.29, 1.82) is 0 Å². The van der Waals surface area contributed by atoms with E-state index in [2.05, 4.69) is 26.6 Å². The van der Waals surface area contributed by atoms with Crippen LogP contribution in [0.1, 0.15) is 15.9 Å². The minimum absolute atomic E-state index is 0.0994. The molecule has 0 saturated heterocycles. The highest BCUT2D eigenvalue weighted by Gasteiger charge is 2.33. The highest BCUT2D eigenvalue weighted by atomic mass is 19.4. The van der Waals surface area contributed by atoms with Crippen LogP contribution >= 0.6 is 0 Å². The van der Waals surface area contributed by atoms with E-state index < -0.39 is 23.6 Å². The zero-order chi connectivity index (χ0) is 15.2. The van der Waals surface area contributed by atoms with Crippen LogP contribution in [0.2, 0.25) is 0 Å². The molecule has 1 aromatic carbocycles. The molecule has 0 bridgehead atoms. The van der Waals surface area contributed by atoms with Crippen molar-refractivity contribution in [3.05, 3.63) is 39.8 Å². The SMILES string of the molecule is [N-]=[N+]=NCC#Cc1ccc(C(=O)O)c(OC(F)(F)F)c1. The third-order valence-corrected chi connectivity index (χ3v) is 1.88. The molecule has 0 amide bonds. The van der Waals surface area contributed by atoms with E-state index in [0.29, 0.717) is 0 Å². The first-order chi connectivity index (χ1) is 9.33. The molecule has 0 aromatic heterocycles. The molecule has 0 aliphatic heterocycles. The van der Waals surface area contributed by atoms with Crippen LogP contribution in [0.15, 0.2) is 23.3 Å². The van der Waals surface area contributed by atoms with Crippen LogP contribution in [0.4, 0.5) is 13.2 Å². The summed E-state index contributed by atoms with van der Waals surface area (Å²) in [4.78, 5) is 13.2. The molecular weight excluding hydrogens is 279 g/mol. The summed E-state index contributed by atoms with van der Waals surface area (Å²) >= 11 is 0. The lowest BCUT2D eigenvalue weighted by Gasteiger charge is -2.11. The summed E-state index contributed by atoms with van der Waals surface area (Å²) in [6.45, 7) is -0.160. The van der Waals surface area contributed by atoms with Gasteiger partial charge >= 0.3 is 12.3 Å². The van der Waals surface area contributed by atoms with Gasteiger partial charge in [0.25, 0.3) is 0 Å². The number of aromatic carboxylic acids is 1. The highest BCUT2D eigenvalue weighted by molar-refractivity contribution is 5.91. The van der Waals surface area contributed by atoms with Gasteiger partial charge in [0, 0.05) is 10.5 Å². The Morgan fingerprint density at radius 2 is 2.20 bits per heavy atom. The third kappa shape index (κ3) is 4.80. The van der Waals surface area contributed by atoms with Crippen molar-refractivity contribution in [2.24, 2.45) is 5.11 Å². The maximum absolute atomic E-state index is 12.2. The van der Waals surface area contributed by atoms with Gasteiger partial charge in [0.15, 0.2) is 0 Å². The van der Waals surface area contributed by atoms with Gasteiger partial charge in [-0.1, -0.05) is 17.0 Å². The van der Waals surface area contributed by atoms with Gasteiger partial charge in [-0.3, -0.25) is 0 Å². The lowest BCUT2D eigenvalue weighted by molar-refractivity contribution is -0.274. The fraction of sp³-hybridized carbons (Fsp3) is 0.182. The molecule has 0 aliphatic rings. The summed E-state index contributed by atoms with van der Waals surface area (Å²) in [5.74, 6) is 2.39. The molecule has 0 atom stereocenters. The van der Waals surface area contributed by atoms with Gasteiger partial charge in [-0.25, -0.2) is 4.79 Å². The van der Waals surface area contributed by atoms with Crippen molar-refractivity contribution in [3.63, 3.8) is 0 Å². The first-order valence-corrected chi connectivity index (χ1v) is 4.96. The van der Waals surface area contributed by atoms with Gasteiger partial charge in [0.05, 0.1) is 6.54 Å². The summed E-state index contributed by atoms with van der Waals surface area (Å²) in [7, 11) is 0. The molecule has 0 aliphatic carbocycles. The number of halogens is 3. The van der Waals surface area contributed by atoms with Crippen LogP contribution in [-0.2, 0) is 0 Å². The average Bonchev–Trinajstić information content (AvgIpc) is 2.32. The zero-order valence-electron chi connectivity index (χ0n) is 9.68. The number of rotatable bonds is 3. The Bertz CT molecular complexity index is 625. The standard InChI is InChI=1S/C11H6F3N3O3/c12-11(13,14)20-9-6-7(2-1-5-16-17-15)3-4-8(9)10(18)19/h3-4,6H,5H2,(H,18,19). The summed E-state index contributed by atoms with van der Waals surface area (Å²) in [5, 5.41) is 11.9. The zero-order valence-corrected chi connectivity index (χ0v) is 9.68. The molecule has 1 aromatic rings. The van der Waals surface area contributed by atoms with Crippen molar-refractivity contribution >= 4 is 5.97 Å². The molecule has 0 unspecified atom stereocenters. The first-order valence-electron chi connectivity index (χ1n) is 4.96. The summed E-state index contributed by atoms with van der Waals surface area (Å²) in [6.07, 6.45) is -5.01. The number of hydrogen-bond acceptors (Lipinski definition) is 3. The molecular formula is C11H6F3N3O3. The third-order valence-electron chi connectivity index (χ3n) is 1.88. The van der Waals surface area contributed by atoms with E-state index in [0.717, 1.165) is 12.1 Å². The molecule has 0 spiro atoms. The number of carboxylic acid groups (broad SMARTS) is 1. The van der Waals surface area contributed by atoms with Gasteiger partial charge in [-0.05, 0) is 23.7 Å². The van der Waals surface area contributed by atoms with Crippen molar-refractivity contribution in [2.75, 3.05) is 6.54 Å². The second-order valence-electron chi connectivity index (χ2n) is 3.25. The van der Waals surface area contributed by atoms with Crippen LogP contribution < -0.4 is 4.74 Å². The van der Waals surface area contributed by atoms with E-state index >= 15 is 0 Å². The van der Waals surface area contributed by atoms with Crippen LogP contribution in [0, 0.1) is 11.8 Å². The van der Waals surface area contributed by atoms with Crippen molar-refractivity contribution in [3.8, 4) is 17.6 Å². The number of hydrogen-bond donors (Lipinski definition) is 1. The largest absolute Gasteiger partial charge is 0.573 e. The lowest BCUT2D eigenvalue weighted by atomic mass is 10.1. The van der Waals surface area contributed by atoms with E-state index in [-0.39, 0.29) is 12.1 Å². The average molecular weight is 285 g/mol. The number of azide groups is 1. The van der Waals surface area contributed by atoms with Crippen molar-refractivity contribution < 1.29 is 27.8 Å². The summed E-state index contributed by atoms with van der Waals surface area (Å²) in [6, 6.07) is 3.01. The molecule has 9 heteroatoms. The van der Waals surface area contributed by atoms with E-state index in [4.69, 9.17) is 10.6 Å². The molecule has 0 saturated carbocycles. The fourth-order valence-electron chi connectivity index (χ4n) is 1.19. The van der Waals surface area contributed by atoms with Gasteiger partial charge in [0.2, 0.25) is 0 Å². The highest BCUT2D eigenvalue weighted by Crippen LogP contribution is 2.27. The molecule has 104 valence electrons. The Morgan fingerprint density at radius 3 is 2.75 bits per heavy atom. The predicted octanol–water partition coefficient (Wildman–Crippen LogP) is 2.95. The second-order valence-corrected chi connectivity index (χ2v) is 3.25. The number of benzene rings is 1. The van der Waals surface area contributed by atoms with E-state index in [1.54, 1.807) is 0 Å². The minimum Gasteiger partial charge on any atom is -0.478 e. The quantitative estimate of drug-likeness (QED) is 0.400. The Hall–Kier alpha value is -2.85. The maximum atomic E-state index is 12.2. The van der Waals surface area contributed by atoms with Gasteiger partial charge < -0.3 is 9.84 Å². The predicted molar refractivity (Wildman–Crippen MR) is 61.0 cm³/mol. The minimum atomic E-state index is -5.01. The smallest absolute Gasteiger partial charge is 0.478 e. The van der Waals surface area contributed by atoms with E-state index in [1.165, 1.54) is 6.07 Å². The molecule has 1 N–H and O–H groups in total. The number of carboxylic acids is 1. The molecule has 1 rings (SSSR count). The summed E-state index contributed by atoms with van der Waals surface area (Å²) < 4.78 is 40.1. The lowest BCUT2D eigenvalue weighted by Crippen LogP contribution is -2.19. The summed E-state index contributed by atoms with van der Waals surface area (Å²) in [5.41, 5.74) is 7.48. The number of alkyl halides is 3. The maximum Gasteiger partial charge on any atom is 0.573 e. The molecule has 0 fully saturated rings. The Kier molecular flexibility index (Phi) is 4.83. The fourth-order valence-corrected chi connectivity index (χ4v) is 1.19. The van der Waals surface area contributed by atoms with Crippen molar-refractivity contribution in [1.82, 2.24) is 0 Å². The van der Waals surface area contributed by atoms with Crippen LogP contribution in [0.25, 0.3) is 10.4 Å². The monoisotopic (exact) mass is 285 g/mol. The Morgan fingerprint density at radius 1 is 1.50 bits per heavy atom. The number of carbonyl (C=O) groups is 1. The number of ether oxygens (including phenoxy) is 1. The Labute approximate surface area is 110 Å². The van der Waals surface area contributed by atoms with Crippen LogP contribution in [-0.4, -0.2) is 24.0 Å².